The number of primary amides is 1. The van der Waals surface area contributed by atoms with Crippen LogP contribution >= 0.6 is 0 Å². The molecule has 3 aromatic rings. The molecule has 11 nitrogen and oxygen atoms in total. The van der Waals surface area contributed by atoms with Crippen LogP contribution in [0.3, 0.4) is 0 Å². The predicted molar refractivity (Wildman–Crippen MR) is 142 cm³/mol. The fourth-order valence-electron chi connectivity index (χ4n) is 6.21. The second-order valence-electron chi connectivity index (χ2n) is 11.3. The molecule has 4 fully saturated rings. The van der Waals surface area contributed by atoms with Crippen molar-refractivity contribution in [1.82, 2.24) is 19.9 Å². The SMILES string of the molecule is N#Cc1cnn2c(-c3cc(NC45CCC(O)(CC4)CC5)c(C(=O)NCC4CC(OC(N)=O)C4)cn3)ccc2c1. The van der Waals surface area contributed by atoms with E-state index in [1.807, 2.05) is 18.2 Å². The monoisotopic (exact) mass is 529 g/mol. The minimum absolute atomic E-state index is 0.187. The van der Waals surface area contributed by atoms with E-state index in [1.54, 1.807) is 16.8 Å². The number of nitrogens with zero attached hydrogens (tertiary/aromatic N) is 4. The van der Waals surface area contributed by atoms with Gasteiger partial charge in [0.15, 0.2) is 0 Å². The Labute approximate surface area is 225 Å². The fourth-order valence-corrected chi connectivity index (χ4v) is 6.21. The lowest BCUT2D eigenvalue weighted by Crippen LogP contribution is -2.54. The van der Waals surface area contributed by atoms with Gasteiger partial charge < -0.3 is 26.2 Å². The van der Waals surface area contributed by atoms with Crippen molar-refractivity contribution in [2.24, 2.45) is 11.7 Å². The van der Waals surface area contributed by atoms with E-state index in [0.29, 0.717) is 41.9 Å². The molecular formula is C28H31N7O4. The zero-order valence-electron chi connectivity index (χ0n) is 21.5. The smallest absolute Gasteiger partial charge is 0.404 e. The zero-order chi connectivity index (χ0) is 27.2. The number of anilines is 1. The molecule has 0 saturated heterocycles. The molecule has 39 heavy (non-hydrogen) atoms. The van der Waals surface area contributed by atoms with Gasteiger partial charge in [0, 0.05) is 18.3 Å². The average Bonchev–Trinajstić information content (AvgIpc) is 3.33. The van der Waals surface area contributed by atoms with Crippen LogP contribution in [-0.4, -0.2) is 55.5 Å². The lowest BCUT2D eigenvalue weighted by molar-refractivity contribution is -0.0580. The van der Waals surface area contributed by atoms with Gasteiger partial charge >= 0.3 is 6.09 Å². The van der Waals surface area contributed by atoms with E-state index in [4.69, 9.17) is 10.5 Å². The molecule has 0 unspecified atom stereocenters. The molecule has 0 atom stereocenters. The largest absolute Gasteiger partial charge is 0.446 e. The first kappa shape index (κ1) is 25.1. The van der Waals surface area contributed by atoms with Gasteiger partial charge in [-0.3, -0.25) is 9.78 Å². The highest BCUT2D eigenvalue weighted by atomic mass is 16.6. The summed E-state index contributed by atoms with van der Waals surface area (Å²) >= 11 is 0. The second kappa shape index (κ2) is 9.54. The maximum absolute atomic E-state index is 13.4. The summed E-state index contributed by atoms with van der Waals surface area (Å²) < 4.78 is 6.73. The number of fused-ring (bicyclic) bond motifs is 4. The molecule has 4 saturated carbocycles. The minimum atomic E-state index is -0.774. The second-order valence-corrected chi connectivity index (χ2v) is 11.3. The highest BCUT2D eigenvalue weighted by molar-refractivity contribution is 6.00. The molecule has 4 aliphatic rings. The predicted octanol–water partition coefficient (Wildman–Crippen LogP) is 3.12. The van der Waals surface area contributed by atoms with Crippen LogP contribution < -0.4 is 16.4 Å². The number of carbonyl (C=O) groups is 2. The molecular weight excluding hydrogens is 498 g/mol. The number of hydrogen-bond donors (Lipinski definition) is 4. The molecule has 11 heteroatoms. The average molecular weight is 530 g/mol. The quantitative estimate of drug-likeness (QED) is 0.362. The minimum Gasteiger partial charge on any atom is -0.446 e. The van der Waals surface area contributed by atoms with Gasteiger partial charge in [0.05, 0.1) is 45.5 Å². The van der Waals surface area contributed by atoms with Crippen LogP contribution in [0.2, 0.25) is 0 Å². The molecule has 3 aromatic heterocycles. The maximum atomic E-state index is 13.4. The van der Waals surface area contributed by atoms with E-state index in [1.165, 1.54) is 6.20 Å². The third kappa shape index (κ3) is 4.88. The third-order valence-electron chi connectivity index (χ3n) is 8.67. The first-order chi connectivity index (χ1) is 18.7. The van der Waals surface area contributed by atoms with Crippen molar-refractivity contribution >= 4 is 23.2 Å². The van der Waals surface area contributed by atoms with Crippen molar-refractivity contribution in [1.29, 1.82) is 5.26 Å². The van der Waals surface area contributed by atoms with Crippen LogP contribution in [0.1, 0.15) is 67.3 Å². The lowest BCUT2D eigenvalue weighted by Gasteiger charge is -2.51. The number of hydrogen-bond acceptors (Lipinski definition) is 8. The summed E-state index contributed by atoms with van der Waals surface area (Å²) in [6.45, 7) is 0.464. The Morgan fingerprint density at radius 3 is 2.59 bits per heavy atom. The number of nitrogens with one attached hydrogen (secondary N) is 2. The van der Waals surface area contributed by atoms with Gasteiger partial charge in [-0.2, -0.15) is 10.4 Å². The molecule has 0 aliphatic heterocycles. The van der Waals surface area contributed by atoms with Gasteiger partial charge in [0.25, 0.3) is 5.91 Å². The molecule has 0 aromatic carbocycles. The van der Waals surface area contributed by atoms with Gasteiger partial charge in [-0.1, -0.05) is 0 Å². The van der Waals surface area contributed by atoms with Crippen molar-refractivity contribution in [3.63, 3.8) is 0 Å². The third-order valence-corrected chi connectivity index (χ3v) is 8.67. The number of nitrogens with two attached hydrogens (primary N) is 1. The van der Waals surface area contributed by atoms with Crippen LogP contribution in [0.4, 0.5) is 10.5 Å². The zero-order valence-corrected chi connectivity index (χ0v) is 21.5. The van der Waals surface area contributed by atoms with Crippen molar-refractivity contribution in [3.05, 3.63) is 47.8 Å². The van der Waals surface area contributed by atoms with Gasteiger partial charge in [-0.15, -0.1) is 0 Å². The van der Waals surface area contributed by atoms with Crippen LogP contribution in [-0.2, 0) is 4.74 Å². The molecule has 2 bridgehead atoms. The molecule has 0 radical (unpaired) electrons. The molecule has 202 valence electrons. The Kier molecular flexibility index (Phi) is 6.14. The van der Waals surface area contributed by atoms with Crippen molar-refractivity contribution in [2.75, 3.05) is 11.9 Å². The molecule has 7 rings (SSSR count). The Morgan fingerprint density at radius 1 is 1.15 bits per heavy atom. The molecule has 2 amide bonds. The summed E-state index contributed by atoms with van der Waals surface area (Å²) in [5, 5.41) is 31.0. The van der Waals surface area contributed by atoms with E-state index in [0.717, 1.165) is 49.7 Å². The van der Waals surface area contributed by atoms with Gasteiger partial charge in [0.1, 0.15) is 12.2 Å². The van der Waals surface area contributed by atoms with Gasteiger partial charge in [-0.05, 0) is 81.5 Å². The van der Waals surface area contributed by atoms with Gasteiger partial charge in [0.2, 0.25) is 0 Å². The lowest BCUT2D eigenvalue weighted by atomic mass is 9.63. The molecule has 0 spiro atoms. The van der Waals surface area contributed by atoms with E-state index < -0.39 is 11.7 Å². The van der Waals surface area contributed by atoms with Gasteiger partial charge in [-0.25, -0.2) is 9.31 Å². The van der Waals surface area contributed by atoms with Crippen molar-refractivity contribution in [3.8, 4) is 17.5 Å². The number of amides is 2. The summed E-state index contributed by atoms with van der Waals surface area (Å²) in [4.78, 5) is 28.9. The molecule has 5 N–H and O–H groups in total. The van der Waals surface area contributed by atoms with Crippen LogP contribution in [0.25, 0.3) is 16.9 Å². The first-order valence-electron chi connectivity index (χ1n) is 13.4. The number of nitriles is 1. The number of pyridine rings is 1. The van der Waals surface area contributed by atoms with Crippen LogP contribution in [0.15, 0.2) is 36.7 Å². The standard InChI is InChI=1S/C28H31N7O4/c29-13-18-9-19-1-2-24(35(19)33-15-18)23-12-22(34-27-3-6-28(38,7-4-27)8-5-27)21(16-31-23)25(36)32-14-17-10-20(11-17)39-26(30)37/h1-2,9,12,15-17,20,38H,3-8,10-11,14H2,(H2,30,37)(H,31,34)(H,32,36). The highest BCUT2D eigenvalue weighted by Gasteiger charge is 2.48. The van der Waals surface area contributed by atoms with Crippen molar-refractivity contribution in [2.45, 2.75) is 68.6 Å². The summed E-state index contributed by atoms with van der Waals surface area (Å²) in [6.07, 6.45) is 8.19. The van der Waals surface area contributed by atoms with E-state index in [-0.39, 0.29) is 23.5 Å². The van der Waals surface area contributed by atoms with Crippen LogP contribution in [0.5, 0.6) is 0 Å². The number of ether oxygens (including phenoxy) is 1. The Balaban J connectivity index is 1.26. The topological polar surface area (TPSA) is 168 Å². The summed E-state index contributed by atoms with van der Waals surface area (Å²) in [5.74, 6) is -0.0153. The van der Waals surface area contributed by atoms with Crippen molar-refractivity contribution < 1.29 is 19.4 Å². The van der Waals surface area contributed by atoms with E-state index >= 15 is 0 Å². The number of aliphatic hydroxyl groups is 1. The Hall–Kier alpha value is -4.17. The van der Waals surface area contributed by atoms with E-state index in [2.05, 4.69) is 26.8 Å². The number of rotatable bonds is 7. The van der Waals surface area contributed by atoms with E-state index in [9.17, 15) is 20.0 Å². The molecule has 3 heterocycles. The molecule has 4 aliphatic carbocycles. The summed E-state index contributed by atoms with van der Waals surface area (Å²) in [5.41, 5.74) is 8.12. The number of aromatic nitrogens is 3. The maximum Gasteiger partial charge on any atom is 0.404 e. The van der Waals surface area contributed by atoms with Crippen LogP contribution in [0, 0.1) is 17.2 Å². The first-order valence-corrected chi connectivity index (χ1v) is 13.4. The normalized spacial score (nSPS) is 27.4. The Bertz CT molecular complexity index is 1460. The summed E-state index contributed by atoms with van der Waals surface area (Å²) in [7, 11) is 0. The Morgan fingerprint density at radius 2 is 1.90 bits per heavy atom. The number of carbonyl (C=O) groups excluding carboxylic acids is 2. The highest BCUT2D eigenvalue weighted by Crippen LogP contribution is 2.48. The fraction of sp³-hybridized carbons (Fsp3) is 0.464. The summed E-state index contributed by atoms with van der Waals surface area (Å²) in [6, 6.07) is 9.54.